The van der Waals surface area contributed by atoms with Crippen LogP contribution in [0.15, 0.2) is 46.6 Å². The Morgan fingerprint density at radius 3 is 1.44 bits per heavy atom. The normalized spacial score (nSPS) is 31.1. The zero-order valence-electron chi connectivity index (χ0n) is 22.8. The summed E-state index contributed by atoms with van der Waals surface area (Å²) in [7, 11) is 0. The summed E-state index contributed by atoms with van der Waals surface area (Å²) in [6.45, 7) is 14.1. The van der Waals surface area contributed by atoms with Crippen LogP contribution in [0.1, 0.15) is 66.2 Å². The fraction of sp³-hybridized carbons (Fsp3) is 0.533. The van der Waals surface area contributed by atoms with Gasteiger partial charge in [0, 0.05) is 59.8 Å². The van der Waals surface area contributed by atoms with Crippen molar-refractivity contribution >= 4 is 35.1 Å². The fourth-order valence-electron chi connectivity index (χ4n) is 6.02. The minimum atomic E-state index is -0.825. The van der Waals surface area contributed by atoms with Gasteiger partial charge in [0.2, 0.25) is 0 Å². The average Bonchev–Trinajstić information content (AvgIpc) is 3.48. The van der Waals surface area contributed by atoms with Gasteiger partial charge >= 0.3 is 11.9 Å². The number of carbonyl (C=O) groups is 6. The summed E-state index contributed by atoms with van der Waals surface area (Å²) in [5, 5.41) is 0. The number of hydrogen-bond acceptors (Lipinski definition) is 9. The van der Waals surface area contributed by atoms with Crippen molar-refractivity contribution in [3.8, 4) is 0 Å². The molecule has 0 amide bonds. The predicted molar refractivity (Wildman–Crippen MR) is 138 cm³/mol. The van der Waals surface area contributed by atoms with E-state index in [4.69, 9.17) is 14.2 Å². The van der Waals surface area contributed by atoms with Crippen molar-refractivity contribution in [2.75, 3.05) is 0 Å². The van der Waals surface area contributed by atoms with E-state index in [-0.39, 0.29) is 60.0 Å². The maximum atomic E-state index is 13.1. The van der Waals surface area contributed by atoms with E-state index in [2.05, 4.69) is 13.2 Å². The number of ketones is 4. The number of carbonyl (C=O) groups excluding carboxylic acids is 6. The highest BCUT2D eigenvalue weighted by Crippen LogP contribution is 2.43. The molecule has 4 rings (SSSR count). The highest BCUT2D eigenvalue weighted by atomic mass is 16.6. The van der Waals surface area contributed by atoms with Crippen LogP contribution >= 0.6 is 0 Å². The smallest absolute Gasteiger partial charge is 0.334 e. The largest absolute Gasteiger partial charge is 0.453 e. The molecule has 2 aliphatic carbocycles. The third kappa shape index (κ3) is 5.37. The molecule has 0 spiro atoms. The third-order valence-electron chi connectivity index (χ3n) is 8.29. The van der Waals surface area contributed by atoms with Crippen molar-refractivity contribution in [2.24, 2.45) is 11.8 Å². The quantitative estimate of drug-likeness (QED) is 0.304. The lowest BCUT2D eigenvalue weighted by Crippen LogP contribution is -2.24. The van der Waals surface area contributed by atoms with Gasteiger partial charge in [0.25, 0.3) is 0 Å². The Kier molecular flexibility index (Phi) is 8.02. The second-order valence-corrected chi connectivity index (χ2v) is 11.0. The molecular weight excluding hydrogens is 504 g/mol. The molecule has 208 valence electrons. The molecule has 0 aromatic rings. The molecule has 0 unspecified atom stereocenters. The van der Waals surface area contributed by atoms with E-state index in [0.717, 1.165) is 0 Å². The SMILES string of the molecule is C=C1C(=O)O[C@H](C2=C(C)[C@@H](O[C@@H]3CC(=O)C([C@H]4OC(=O)C(=C)[C@@H]4CCC(C)=O)=C3C)CC2=O)[C@H]1CCC(C)=O. The van der Waals surface area contributed by atoms with Gasteiger partial charge in [0.05, 0.1) is 12.2 Å². The molecule has 2 aliphatic heterocycles. The van der Waals surface area contributed by atoms with E-state index < -0.39 is 48.2 Å². The number of Topliss-reactive ketones (excluding diaryl/α,β-unsaturated/α-hetero) is 4. The van der Waals surface area contributed by atoms with Crippen LogP contribution in [0.3, 0.4) is 0 Å². The van der Waals surface area contributed by atoms with Crippen molar-refractivity contribution in [2.45, 2.75) is 90.6 Å². The summed E-state index contributed by atoms with van der Waals surface area (Å²) < 4.78 is 17.4. The van der Waals surface area contributed by atoms with E-state index in [1.165, 1.54) is 13.8 Å². The van der Waals surface area contributed by atoms with Gasteiger partial charge in [0.15, 0.2) is 11.6 Å². The van der Waals surface area contributed by atoms with Crippen LogP contribution in [0.25, 0.3) is 0 Å². The molecule has 6 atom stereocenters. The lowest BCUT2D eigenvalue weighted by Gasteiger charge is -2.22. The minimum absolute atomic E-state index is 0.0326. The predicted octanol–water partition coefficient (Wildman–Crippen LogP) is 3.25. The lowest BCUT2D eigenvalue weighted by atomic mass is 9.86. The Labute approximate surface area is 227 Å². The second kappa shape index (κ2) is 11.0. The molecule has 0 radical (unpaired) electrons. The summed E-state index contributed by atoms with van der Waals surface area (Å²) in [4.78, 5) is 73.9. The fourth-order valence-corrected chi connectivity index (χ4v) is 6.02. The van der Waals surface area contributed by atoms with Gasteiger partial charge in [-0.3, -0.25) is 9.59 Å². The molecule has 0 saturated carbocycles. The Morgan fingerprint density at radius 2 is 1.10 bits per heavy atom. The Morgan fingerprint density at radius 1 is 0.744 bits per heavy atom. The summed E-state index contributed by atoms with van der Waals surface area (Å²) in [5.41, 5.74) is 2.45. The monoisotopic (exact) mass is 538 g/mol. The first-order valence-corrected chi connectivity index (χ1v) is 13.2. The summed E-state index contributed by atoms with van der Waals surface area (Å²) in [5.74, 6) is -2.61. The number of rotatable bonds is 10. The van der Waals surface area contributed by atoms with Crippen LogP contribution in [0, 0.1) is 11.8 Å². The van der Waals surface area contributed by atoms with Crippen molar-refractivity contribution < 1.29 is 43.0 Å². The summed E-state index contributed by atoms with van der Waals surface area (Å²) in [6.07, 6.45) is -1.68. The Balaban J connectivity index is 1.55. The van der Waals surface area contributed by atoms with Crippen molar-refractivity contribution in [3.05, 3.63) is 46.6 Å². The molecule has 0 N–H and O–H groups in total. The zero-order chi connectivity index (χ0) is 28.8. The lowest BCUT2D eigenvalue weighted by molar-refractivity contribution is -0.139. The average molecular weight is 539 g/mol. The molecule has 2 saturated heterocycles. The number of ether oxygens (including phenoxy) is 3. The Bertz CT molecular complexity index is 1170. The van der Waals surface area contributed by atoms with Gasteiger partial charge in [-0.25, -0.2) is 9.59 Å². The van der Waals surface area contributed by atoms with Crippen molar-refractivity contribution in [1.29, 1.82) is 0 Å². The minimum Gasteiger partial charge on any atom is -0.453 e. The standard InChI is InChI=1S/C30H34O9/c1-13(31)7-9-19-15(3)29(35)38-27(19)25-17(5)23(11-21(25)33)37-24-12-22(34)26(18(24)6)28-20(10-8-14(2)32)16(4)30(36)39-28/h19-20,23-24,27-28H,3-4,7-12H2,1-2,5-6H3/t19-,20-,23-,24+,27-,28-/m0/s1. The topological polar surface area (TPSA) is 130 Å². The van der Waals surface area contributed by atoms with Gasteiger partial charge in [-0.05, 0) is 51.7 Å². The number of esters is 2. The first-order chi connectivity index (χ1) is 18.3. The molecule has 0 bridgehead atoms. The maximum Gasteiger partial charge on any atom is 0.334 e. The molecule has 2 fully saturated rings. The number of cyclic esters (lactones) is 2. The van der Waals surface area contributed by atoms with Crippen LogP contribution < -0.4 is 0 Å². The van der Waals surface area contributed by atoms with Crippen molar-refractivity contribution in [1.82, 2.24) is 0 Å². The number of hydrogen-bond donors (Lipinski definition) is 0. The molecule has 0 aromatic heterocycles. The van der Waals surface area contributed by atoms with Crippen LogP contribution in [0.4, 0.5) is 0 Å². The molecule has 9 heteroatoms. The van der Waals surface area contributed by atoms with Gasteiger partial charge < -0.3 is 23.8 Å². The first kappa shape index (κ1) is 28.5. The summed E-state index contributed by atoms with van der Waals surface area (Å²) >= 11 is 0. The third-order valence-corrected chi connectivity index (χ3v) is 8.29. The van der Waals surface area contributed by atoms with Crippen LogP contribution in [0.2, 0.25) is 0 Å². The van der Waals surface area contributed by atoms with Gasteiger partial charge in [-0.15, -0.1) is 0 Å². The van der Waals surface area contributed by atoms with Gasteiger partial charge in [-0.1, -0.05) is 13.2 Å². The van der Waals surface area contributed by atoms with Crippen LogP contribution in [-0.2, 0) is 43.0 Å². The van der Waals surface area contributed by atoms with Gasteiger partial charge in [-0.2, -0.15) is 0 Å². The zero-order valence-corrected chi connectivity index (χ0v) is 22.8. The molecule has 9 nitrogen and oxygen atoms in total. The Hall–Kier alpha value is -3.46. The molecule has 2 heterocycles. The molecule has 0 aromatic carbocycles. The molecule has 4 aliphatic rings. The highest BCUT2D eigenvalue weighted by Gasteiger charge is 2.49. The first-order valence-electron chi connectivity index (χ1n) is 13.2. The van der Waals surface area contributed by atoms with Crippen LogP contribution in [-0.4, -0.2) is 59.5 Å². The van der Waals surface area contributed by atoms with E-state index in [0.29, 0.717) is 35.1 Å². The van der Waals surface area contributed by atoms with Crippen molar-refractivity contribution in [3.63, 3.8) is 0 Å². The maximum absolute atomic E-state index is 13.1. The van der Waals surface area contributed by atoms with E-state index in [1.807, 2.05) is 0 Å². The summed E-state index contributed by atoms with van der Waals surface area (Å²) in [6, 6.07) is 0. The molecule has 39 heavy (non-hydrogen) atoms. The second-order valence-electron chi connectivity index (χ2n) is 11.0. The molecular formula is C30H34O9. The van der Waals surface area contributed by atoms with E-state index in [1.54, 1.807) is 13.8 Å². The highest BCUT2D eigenvalue weighted by molar-refractivity contribution is 6.04. The van der Waals surface area contributed by atoms with Gasteiger partial charge in [0.1, 0.15) is 23.8 Å². The van der Waals surface area contributed by atoms with Crippen LogP contribution in [0.5, 0.6) is 0 Å². The van der Waals surface area contributed by atoms with E-state index >= 15 is 0 Å². The van der Waals surface area contributed by atoms with E-state index in [9.17, 15) is 28.8 Å².